The molecule has 4 heteroatoms. The summed E-state index contributed by atoms with van der Waals surface area (Å²) in [4.78, 5) is 11.6. The topological polar surface area (TPSA) is 72.5 Å². The summed E-state index contributed by atoms with van der Waals surface area (Å²) in [6.45, 7) is 1.82. The van der Waals surface area contributed by atoms with Crippen molar-refractivity contribution < 1.29 is 14.6 Å². The predicted octanol–water partition coefficient (Wildman–Crippen LogP) is 1.95. The van der Waals surface area contributed by atoms with Gasteiger partial charge in [-0.15, -0.1) is 0 Å². The Labute approximate surface area is 94.0 Å². The Balaban J connectivity index is 2.60. The fraction of sp³-hybridized carbons (Fsp3) is 0.417. The molecule has 4 nitrogen and oxygen atoms in total. The number of carbonyl (C=O) groups is 1. The van der Waals surface area contributed by atoms with Crippen molar-refractivity contribution in [3.63, 3.8) is 0 Å². The van der Waals surface area contributed by atoms with E-state index in [2.05, 4.69) is 4.74 Å². The lowest BCUT2D eigenvalue weighted by molar-refractivity contribution is 0.0596. The number of phenolic OH excluding ortho intramolecular Hbond substituents is 1. The maximum atomic E-state index is 11.6. The normalized spacial score (nSPS) is 14.9. The standard InChI is InChI=1S/C12H15NO3/c1-6-8(7-3-4-7)5-9(13)11(14)10(6)12(15)16-2/h5,7,14H,3-4,13H2,1-2H3. The average molecular weight is 221 g/mol. The molecule has 0 atom stereocenters. The minimum absolute atomic E-state index is 0.172. The van der Waals surface area contributed by atoms with Crippen LogP contribution >= 0.6 is 0 Å². The lowest BCUT2D eigenvalue weighted by Gasteiger charge is -2.13. The second kappa shape index (κ2) is 3.70. The molecule has 0 aliphatic heterocycles. The van der Waals surface area contributed by atoms with Crippen LogP contribution in [0.15, 0.2) is 6.07 Å². The van der Waals surface area contributed by atoms with Gasteiger partial charge in [0.05, 0.1) is 12.8 Å². The van der Waals surface area contributed by atoms with Gasteiger partial charge in [0.1, 0.15) is 5.56 Å². The number of methoxy groups -OCH3 is 1. The number of hydrogen-bond acceptors (Lipinski definition) is 4. The predicted molar refractivity (Wildman–Crippen MR) is 60.6 cm³/mol. The summed E-state index contributed by atoms with van der Waals surface area (Å²) in [5.41, 5.74) is 7.96. The Morgan fingerprint density at radius 3 is 2.69 bits per heavy atom. The van der Waals surface area contributed by atoms with Crippen LogP contribution < -0.4 is 5.73 Å². The lowest BCUT2D eigenvalue weighted by Crippen LogP contribution is -2.08. The van der Waals surface area contributed by atoms with Crippen LogP contribution in [0, 0.1) is 6.92 Å². The third-order valence-corrected chi connectivity index (χ3v) is 3.04. The number of benzene rings is 1. The fourth-order valence-corrected chi connectivity index (χ4v) is 1.98. The molecule has 0 spiro atoms. The van der Waals surface area contributed by atoms with E-state index in [1.165, 1.54) is 7.11 Å². The van der Waals surface area contributed by atoms with Crippen molar-refractivity contribution in [2.75, 3.05) is 12.8 Å². The molecule has 16 heavy (non-hydrogen) atoms. The number of nitrogens with two attached hydrogens (primary N) is 1. The van der Waals surface area contributed by atoms with Crippen LogP contribution in [-0.2, 0) is 4.74 Å². The molecule has 1 fully saturated rings. The van der Waals surface area contributed by atoms with Crippen LogP contribution in [-0.4, -0.2) is 18.2 Å². The van der Waals surface area contributed by atoms with Crippen LogP contribution in [0.3, 0.4) is 0 Å². The maximum Gasteiger partial charge on any atom is 0.342 e. The Morgan fingerprint density at radius 2 is 2.19 bits per heavy atom. The number of aromatic hydroxyl groups is 1. The molecule has 1 aliphatic rings. The van der Waals surface area contributed by atoms with Crippen LogP contribution in [0.4, 0.5) is 5.69 Å². The van der Waals surface area contributed by atoms with E-state index >= 15 is 0 Å². The Kier molecular flexibility index (Phi) is 2.50. The van der Waals surface area contributed by atoms with Gasteiger partial charge in [0, 0.05) is 0 Å². The summed E-state index contributed by atoms with van der Waals surface area (Å²) >= 11 is 0. The zero-order valence-corrected chi connectivity index (χ0v) is 9.41. The first-order valence-electron chi connectivity index (χ1n) is 5.26. The number of rotatable bonds is 2. The minimum Gasteiger partial charge on any atom is -0.505 e. The smallest absolute Gasteiger partial charge is 0.342 e. The molecule has 0 radical (unpaired) electrons. The van der Waals surface area contributed by atoms with E-state index in [1.54, 1.807) is 6.07 Å². The van der Waals surface area contributed by atoms with E-state index in [9.17, 15) is 9.90 Å². The third kappa shape index (κ3) is 1.60. The molecule has 86 valence electrons. The summed E-state index contributed by atoms with van der Waals surface area (Å²) in [5.74, 6) is -0.232. The van der Waals surface area contributed by atoms with Crippen molar-refractivity contribution in [1.29, 1.82) is 0 Å². The molecule has 1 saturated carbocycles. The van der Waals surface area contributed by atoms with Crippen molar-refractivity contribution >= 4 is 11.7 Å². The highest BCUT2D eigenvalue weighted by molar-refractivity contribution is 5.96. The molecular formula is C12H15NO3. The van der Waals surface area contributed by atoms with E-state index in [0.717, 1.165) is 24.0 Å². The Hall–Kier alpha value is -1.71. The van der Waals surface area contributed by atoms with E-state index in [-0.39, 0.29) is 17.0 Å². The van der Waals surface area contributed by atoms with Gasteiger partial charge in [-0.25, -0.2) is 4.79 Å². The van der Waals surface area contributed by atoms with Gasteiger partial charge >= 0.3 is 5.97 Å². The quantitative estimate of drug-likeness (QED) is 0.455. The van der Waals surface area contributed by atoms with E-state index in [0.29, 0.717) is 5.92 Å². The second-order valence-electron chi connectivity index (χ2n) is 4.17. The first-order valence-corrected chi connectivity index (χ1v) is 5.26. The van der Waals surface area contributed by atoms with Crippen molar-refractivity contribution in [2.45, 2.75) is 25.7 Å². The summed E-state index contributed by atoms with van der Waals surface area (Å²) in [6, 6.07) is 1.76. The summed E-state index contributed by atoms with van der Waals surface area (Å²) < 4.78 is 4.65. The Bertz CT molecular complexity index is 450. The van der Waals surface area contributed by atoms with Gasteiger partial charge in [-0.05, 0) is 42.9 Å². The van der Waals surface area contributed by atoms with Gasteiger partial charge < -0.3 is 15.6 Å². The molecule has 0 aromatic heterocycles. The molecule has 1 aromatic rings. The van der Waals surface area contributed by atoms with Crippen LogP contribution in [0.5, 0.6) is 5.75 Å². The van der Waals surface area contributed by atoms with Gasteiger partial charge in [0.25, 0.3) is 0 Å². The van der Waals surface area contributed by atoms with Crippen molar-refractivity contribution in [1.82, 2.24) is 0 Å². The van der Waals surface area contributed by atoms with Gasteiger partial charge in [-0.2, -0.15) is 0 Å². The first kappa shape index (κ1) is 10.8. The fourth-order valence-electron chi connectivity index (χ4n) is 1.98. The zero-order valence-electron chi connectivity index (χ0n) is 9.41. The van der Waals surface area contributed by atoms with Crippen molar-refractivity contribution in [3.8, 4) is 5.75 Å². The monoisotopic (exact) mass is 221 g/mol. The van der Waals surface area contributed by atoms with Crippen LogP contribution in [0.2, 0.25) is 0 Å². The number of anilines is 1. The van der Waals surface area contributed by atoms with Crippen molar-refractivity contribution in [3.05, 3.63) is 22.8 Å². The van der Waals surface area contributed by atoms with Gasteiger partial charge in [0.2, 0.25) is 0 Å². The van der Waals surface area contributed by atoms with Crippen molar-refractivity contribution in [2.24, 2.45) is 0 Å². The maximum absolute atomic E-state index is 11.6. The summed E-state index contributed by atoms with van der Waals surface area (Å²) in [5, 5.41) is 9.78. The number of ether oxygens (including phenoxy) is 1. The SMILES string of the molecule is COC(=O)c1c(C)c(C2CC2)cc(N)c1O. The number of nitrogen functional groups attached to an aromatic ring is 1. The highest BCUT2D eigenvalue weighted by Crippen LogP contribution is 2.45. The van der Waals surface area contributed by atoms with Gasteiger partial charge in [0.15, 0.2) is 5.75 Å². The second-order valence-corrected chi connectivity index (χ2v) is 4.17. The van der Waals surface area contributed by atoms with Gasteiger partial charge in [-0.1, -0.05) is 0 Å². The third-order valence-electron chi connectivity index (χ3n) is 3.04. The lowest BCUT2D eigenvalue weighted by atomic mass is 9.97. The molecule has 0 saturated heterocycles. The molecule has 0 bridgehead atoms. The van der Waals surface area contributed by atoms with E-state index in [1.807, 2.05) is 6.92 Å². The molecule has 1 aliphatic carbocycles. The molecule has 1 aromatic carbocycles. The van der Waals surface area contributed by atoms with E-state index < -0.39 is 5.97 Å². The highest BCUT2D eigenvalue weighted by atomic mass is 16.5. The largest absolute Gasteiger partial charge is 0.505 e. The minimum atomic E-state index is -0.538. The molecule has 3 N–H and O–H groups in total. The summed E-state index contributed by atoms with van der Waals surface area (Å²) in [7, 11) is 1.29. The summed E-state index contributed by atoms with van der Waals surface area (Å²) in [6.07, 6.45) is 2.23. The average Bonchev–Trinajstić information content (AvgIpc) is 3.07. The number of esters is 1. The van der Waals surface area contributed by atoms with E-state index in [4.69, 9.17) is 5.73 Å². The molecular weight excluding hydrogens is 206 g/mol. The number of hydrogen-bond donors (Lipinski definition) is 2. The van der Waals surface area contributed by atoms with Crippen LogP contribution in [0.25, 0.3) is 0 Å². The molecule has 2 rings (SSSR count). The zero-order chi connectivity index (χ0) is 11.9. The van der Waals surface area contributed by atoms with Crippen LogP contribution in [0.1, 0.15) is 40.2 Å². The number of phenols is 1. The number of carbonyl (C=O) groups excluding carboxylic acids is 1. The van der Waals surface area contributed by atoms with Gasteiger partial charge in [-0.3, -0.25) is 0 Å². The molecule has 0 heterocycles. The molecule has 0 unspecified atom stereocenters. The molecule has 0 amide bonds. The highest BCUT2D eigenvalue weighted by Gasteiger charge is 2.29. The first-order chi connectivity index (χ1) is 7.56. The Morgan fingerprint density at radius 1 is 1.56 bits per heavy atom.